The van der Waals surface area contributed by atoms with Gasteiger partial charge in [0.25, 0.3) is 5.91 Å². The number of benzene rings is 2. The molecule has 0 spiro atoms. The van der Waals surface area contributed by atoms with E-state index < -0.39 is 0 Å². The van der Waals surface area contributed by atoms with Crippen LogP contribution in [0.5, 0.6) is 0 Å². The van der Waals surface area contributed by atoms with Crippen molar-refractivity contribution in [3.05, 3.63) is 89.8 Å². The number of anilines is 1. The number of hydrogen-bond acceptors (Lipinski definition) is 5. The second-order valence-corrected chi connectivity index (χ2v) is 8.89. The molecular weight excluding hydrogens is 426 g/mol. The number of para-hydroxylation sites is 1. The smallest absolute Gasteiger partial charge is 0.290 e. The van der Waals surface area contributed by atoms with Crippen LogP contribution in [0.4, 0.5) is 5.69 Å². The number of furan rings is 1. The molecule has 4 heterocycles. The van der Waals surface area contributed by atoms with E-state index in [-0.39, 0.29) is 18.0 Å². The lowest BCUT2D eigenvalue weighted by Crippen LogP contribution is -2.45. The van der Waals surface area contributed by atoms with Gasteiger partial charge in [-0.25, -0.2) is 0 Å². The summed E-state index contributed by atoms with van der Waals surface area (Å²) in [4.78, 5) is 27.8. The van der Waals surface area contributed by atoms with Crippen molar-refractivity contribution in [3.8, 4) is 0 Å². The van der Waals surface area contributed by atoms with E-state index in [0.29, 0.717) is 12.3 Å². The van der Waals surface area contributed by atoms with Crippen molar-refractivity contribution in [2.75, 3.05) is 5.32 Å². The molecule has 7 nitrogen and oxygen atoms in total. The van der Waals surface area contributed by atoms with Gasteiger partial charge in [-0.15, -0.1) is 0 Å². The summed E-state index contributed by atoms with van der Waals surface area (Å²) >= 11 is 0. The Kier molecular flexibility index (Phi) is 4.83. The van der Waals surface area contributed by atoms with Gasteiger partial charge in [0.15, 0.2) is 5.76 Å². The fraction of sp³-hybridized carbons (Fsp3) is 0.222. The number of amides is 1. The van der Waals surface area contributed by atoms with E-state index in [9.17, 15) is 4.79 Å². The number of nitrogens with zero attached hydrogens (tertiary/aromatic N) is 3. The van der Waals surface area contributed by atoms with Crippen LogP contribution < -0.4 is 5.32 Å². The Morgan fingerprint density at radius 1 is 1.12 bits per heavy atom. The van der Waals surface area contributed by atoms with Gasteiger partial charge in [-0.3, -0.25) is 14.8 Å². The molecule has 3 aromatic heterocycles. The molecule has 2 atom stereocenters. The predicted octanol–water partition coefficient (Wildman–Crippen LogP) is 5.46. The number of aromatic amines is 1. The third kappa shape index (κ3) is 3.32. The summed E-state index contributed by atoms with van der Waals surface area (Å²) in [5, 5.41) is 4.63. The second-order valence-electron chi connectivity index (χ2n) is 8.89. The summed E-state index contributed by atoms with van der Waals surface area (Å²) in [6.07, 6.45) is 5.75. The van der Waals surface area contributed by atoms with Crippen molar-refractivity contribution in [2.24, 2.45) is 0 Å². The fourth-order valence-electron chi connectivity index (χ4n) is 5.14. The first-order chi connectivity index (χ1) is 16.6. The molecule has 170 valence electrons. The van der Waals surface area contributed by atoms with Crippen molar-refractivity contribution in [2.45, 2.75) is 38.9 Å². The number of rotatable bonds is 4. The van der Waals surface area contributed by atoms with Gasteiger partial charge < -0.3 is 19.6 Å². The molecule has 7 heteroatoms. The van der Waals surface area contributed by atoms with Gasteiger partial charge in [0, 0.05) is 52.8 Å². The van der Waals surface area contributed by atoms with Gasteiger partial charge >= 0.3 is 0 Å². The van der Waals surface area contributed by atoms with Crippen molar-refractivity contribution >= 4 is 33.5 Å². The number of hydrogen-bond donors (Lipinski definition) is 2. The minimum atomic E-state index is -0.0875. The summed E-state index contributed by atoms with van der Waals surface area (Å²) in [5.74, 6) is 0.293. The molecular formula is C27H25N5O2. The summed E-state index contributed by atoms with van der Waals surface area (Å²) in [6, 6.07) is 16.0. The fourth-order valence-corrected chi connectivity index (χ4v) is 5.14. The van der Waals surface area contributed by atoms with Crippen molar-refractivity contribution in [3.63, 3.8) is 0 Å². The molecule has 5 aromatic rings. The molecule has 1 unspecified atom stereocenters. The van der Waals surface area contributed by atoms with E-state index in [0.717, 1.165) is 39.9 Å². The van der Waals surface area contributed by atoms with Gasteiger partial charge in [0.2, 0.25) is 0 Å². The summed E-state index contributed by atoms with van der Waals surface area (Å²) < 4.78 is 5.72. The van der Waals surface area contributed by atoms with E-state index in [2.05, 4.69) is 52.3 Å². The summed E-state index contributed by atoms with van der Waals surface area (Å²) in [5.41, 5.74) is 6.93. The number of carbonyl (C=O) groups excluding carboxylic acids is 1. The molecule has 6 rings (SSSR count). The largest absolute Gasteiger partial charge is 0.459 e. The predicted molar refractivity (Wildman–Crippen MR) is 132 cm³/mol. The minimum absolute atomic E-state index is 0.0548. The van der Waals surface area contributed by atoms with Crippen molar-refractivity contribution in [1.29, 1.82) is 0 Å². The third-order valence-electron chi connectivity index (χ3n) is 6.78. The van der Waals surface area contributed by atoms with Crippen LogP contribution in [0, 0.1) is 0 Å². The molecule has 34 heavy (non-hydrogen) atoms. The lowest BCUT2D eigenvalue weighted by atomic mass is 9.92. The molecule has 0 aliphatic carbocycles. The molecule has 0 fully saturated rings. The SMILES string of the molecule is CC1c2[nH]c3ccccc3c2C[C@H](C)N1C(=O)c1occc1CNc1ccc2nccnc2c1. The third-order valence-corrected chi connectivity index (χ3v) is 6.78. The highest BCUT2D eigenvalue weighted by molar-refractivity contribution is 5.94. The Morgan fingerprint density at radius 2 is 1.94 bits per heavy atom. The van der Waals surface area contributed by atoms with Gasteiger partial charge in [0.1, 0.15) is 0 Å². The maximum absolute atomic E-state index is 13.7. The van der Waals surface area contributed by atoms with Crippen LogP contribution in [0.3, 0.4) is 0 Å². The van der Waals surface area contributed by atoms with Crippen LogP contribution in [0.25, 0.3) is 21.9 Å². The van der Waals surface area contributed by atoms with Crippen LogP contribution in [-0.4, -0.2) is 31.8 Å². The minimum Gasteiger partial charge on any atom is -0.459 e. The number of H-pyrrole nitrogens is 1. The lowest BCUT2D eigenvalue weighted by Gasteiger charge is -2.38. The highest BCUT2D eigenvalue weighted by atomic mass is 16.3. The van der Waals surface area contributed by atoms with Crippen molar-refractivity contribution < 1.29 is 9.21 Å². The number of carbonyl (C=O) groups is 1. The standard InChI is InChI=1S/C27H25N5O2/c1-16-13-21-20-5-3-4-6-22(20)31-25(21)17(2)32(16)27(33)26-18(9-12-34-26)15-30-19-7-8-23-24(14-19)29-11-10-28-23/h3-12,14,16-17,30-31H,13,15H2,1-2H3/t16-,17?/m0/s1. The van der Waals surface area contributed by atoms with Crippen molar-refractivity contribution in [1.82, 2.24) is 19.9 Å². The van der Waals surface area contributed by atoms with E-state index in [4.69, 9.17) is 4.42 Å². The van der Waals surface area contributed by atoms with E-state index in [1.807, 2.05) is 35.2 Å². The molecule has 2 aromatic carbocycles. The highest BCUT2D eigenvalue weighted by Crippen LogP contribution is 2.38. The van der Waals surface area contributed by atoms with Crippen LogP contribution in [0.2, 0.25) is 0 Å². The van der Waals surface area contributed by atoms with E-state index in [1.54, 1.807) is 18.7 Å². The number of aromatic nitrogens is 3. The number of fused-ring (bicyclic) bond motifs is 4. The van der Waals surface area contributed by atoms with Gasteiger partial charge in [-0.05, 0) is 56.2 Å². The second kappa shape index (κ2) is 8.02. The van der Waals surface area contributed by atoms with Crippen LogP contribution in [-0.2, 0) is 13.0 Å². The highest BCUT2D eigenvalue weighted by Gasteiger charge is 2.37. The molecule has 1 aliphatic heterocycles. The lowest BCUT2D eigenvalue weighted by molar-refractivity contribution is 0.0542. The maximum atomic E-state index is 13.7. The molecule has 0 saturated carbocycles. The van der Waals surface area contributed by atoms with Crippen LogP contribution >= 0.6 is 0 Å². The van der Waals surface area contributed by atoms with Crippen LogP contribution in [0.1, 0.15) is 47.3 Å². The Labute approximate surface area is 196 Å². The zero-order valence-electron chi connectivity index (χ0n) is 19.1. The first-order valence-electron chi connectivity index (χ1n) is 11.5. The van der Waals surface area contributed by atoms with E-state index in [1.165, 1.54) is 10.9 Å². The number of nitrogens with one attached hydrogen (secondary N) is 2. The molecule has 0 bridgehead atoms. The monoisotopic (exact) mass is 451 g/mol. The maximum Gasteiger partial charge on any atom is 0.290 e. The Balaban J connectivity index is 1.25. The normalized spacial score (nSPS) is 17.8. The van der Waals surface area contributed by atoms with Crippen LogP contribution in [0.15, 0.2) is 71.6 Å². The average Bonchev–Trinajstić information content (AvgIpc) is 3.47. The van der Waals surface area contributed by atoms with E-state index >= 15 is 0 Å². The average molecular weight is 452 g/mol. The van der Waals surface area contributed by atoms with Gasteiger partial charge in [-0.2, -0.15) is 0 Å². The summed E-state index contributed by atoms with van der Waals surface area (Å²) in [6.45, 7) is 4.66. The zero-order chi connectivity index (χ0) is 23.2. The molecule has 1 amide bonds. The molecule has 1 aliphatic rings. The first kappa shape index (κ1) is 20.5. The first-order valence-corrected chi connectivity index (χ1v) is 11.5. The quantitative estimate of drug-likeness (QED) is 0.379. The molecule has 0 radical (unpaired) electrons. The Morgan fingerprint density at radius 3 is 2.82 bits per heavy atom. The molecule has 0 saturated heterocycles. The summed E-state index contributed by atoms with van der Waals surface area (Å²) in [7, 11) is 0. The molecule has 2 N–H and O–H groups in total. The van der Waals surface area contributed by atoms with Gasteiger partial charge in [0.05, 0.1) is 23.3 Å². The Hall–Kier alpha value is -4.13. The Bertz CT molecular complexity index is 1520. The van der Waals surface area contributed by atoms with Gasteiger partial charge in [-0.1, -0.05) is 18.2 Å². The zero-order valence-corrected chi connectivity index (χ0v) is 19.1. The topological polar surface area (TPSA) is 87.0 Å².